The topological polar surface area (TPSA) is 25.6 Å². The average Bonchev–Trinajstić information content (AvgIpc) is 3.90. The molecule has 0 saturated heterocycles. The molecule has 0 bridgehead atoms. The van der Waals surface area contributed by atoms with Crippen LogP contribution in [0.3, 0.4) is 0 Å². The van der Waals surface area contributed by atoms with Crippen molar-refractivity contribution >= 4 is 39.0 Å². The van der Waals surface area contributed by atoms with E-state index in [1.807, 2.05) is 0 Å². The van der Waals surface area contributed by atoms with Gasteiger partial charge in [0, 0.05) is 38.6 Å². The molecule has 0 N–H and O–H groups in total. The van der Waals surface area contributed by atoms with Gasteiger partial charge < -0.3 is 14.1 Å². The van der Waals surface area contributed by atoms with Crippen molar-refractivity contribution in [1.82, 2.24) is 0 Å². The van der Waals surface area contributed by atoms with E-state index in [1.165, 1.54) is 44.5 Å². The van der Waals surface area contributed by atoms with Gasteiger partial charge in [-0.05, 0) is 98.6 Å². The van der Waals surface area contributed by atoms with E-state index in [2.05, 4.69) is 219 Å². The maximum atomic E-state index is 7.30. The van der Waals surface area contributed by atoms with Crippen molar-refractivity contribution in [2.24, 2.45) is 0 Å². The predicted molar refractivity (Wildman–Crippen MR) is 249 cm³/mol. The van der Waals surface area contributed by atoms with Crippen LogP contribution in [0.25, 0.3) is 55.3 Å². The molecule has 1 spiro atoms. The van der Waals surface area contributed by atoms with Crippen molar-refractivity contribution in [2.45, 2.75) is 24.7 Å². The second-order valence-corrected chi connectivity index (χ2v) is 17.2. The Morgan fingerprint density at radius 3 is 1.74 bits per heavy atom. The van der Waals surface area contributed by atoms with Crippen LogP contribution in [0.2, 0.25) is 0 Å². The van der Waals surface area contributed by atoms with Crippen LogP contribution in [-0.2, 0) is 10.8 Å². The van der Waals surface area contributed by atoms with Gasteiger partial charge in [-0.15, -0.1) is 0 Å². The van der Waals surface area contributed by atoms with Gasteiger partial charge in [0.05, 0.1) is 16.8 Å². The van der Waals surface area contributed by atoms with Crippen molar-refractivity contribution in [1.29, 1.82) is 0 Å². The molecule has 10 aromatic rings. The smallest absolute Gasteiger partial charge is 0.159 e. The highest BCUT2D eigenvalue weighted by atomic mass is 16.5. The number of benzene rings is 9. The van der Waals surface area contributed by atoms with Gasteiger partial charge in [0.15, 0.2) is 5.58 Å². The van der Waals surface area contributed by atoms with Gasteiger partial charge >= 0.3 is 0 Å². The lowest BCUT2D eigenvalue weighted by Crippen LogP contribution is -2.32. The summed E-state index contributed by atoms with van der Waals surface area (Å²) in [5.41, 5.74) is 18.9. The van der Waals surface area contributed by atoms with Crippen molar-refractivity contribution in [3.63, 3.8) is 0 Å². The van der Waals surface area contributed by atoms with E-state index in [4.69, 9.17) is 9.15 Å². The molecule has 0 amide bonds. The summed E-state index contributed by atoms with van der Waals surface area (Å²) in [5.74, 6) is 1.76. The minimum atomic E-state index is -0.581. The van der Waals surface area contributed by atoms with Crippen LogP contribution in [0.15, 0.2) is 205 Å². The third kappa shape index (κ3) is 4.58. The van der Waals surface area contributed by atoms with Crippen LogP contribution < -0.4 is 9.64 Å². The van der Waals surface area contributed by atoms with Crippen LogP contribution >= 0.6 is 0 Å². The molecule has 13 rings (SSSR count). The third-order valence-electron chi connectivity index (χ3n) is 13.7. The molecule has 2 aliphatic carbocycles. The molecule has 3 aliphatic rings. The summed E-state index contributed by atoms with van der Waals surface area (Å²) in [5, 5.41) is 2.18. The van der Waals surface area contributed by atoms with E-state index < -0.39 is 5.41 Å². The first-order valence-corrected chi connectivity index (χ1v) is 21.2. The number of anilines is 3. The van der Waals surface area contributed by atoms with Crippen LogP contribution in [0.5, 0.6) is 11.5 Å². The molecule has 9 aromatic carbocycles. The van der Waals surface area contributed by atoms with Crippen molar-refractivity contribution in [3.05, 3.63) is 234 Å². The number of furan rings is 1. The number of hydrogen-bond donors (Lipinski definition) is 0. The Hall–Kier alpha value is -7.62. The quantitative estimate of drug-likeness (QED) is 0.178. The highest BCUT2D eigenvalue weighted by molar-refractivity contribution is 6.13. The van der Waals surface area contributed by atoms with E-state index in [0.29, 0.717) is 0 Å². The number of para-hydroxylation sites is 4. The summed E-state index contributed by atoms with van der Waals surface area (Å²) in [6.45, 7) is 4.70. The first kappa shape index (κ1) is 34.3. The minimum Gasteiger partial charge on any atom is -0.457 e. The molecule has 1 aromatic heterocycles. The maximum Gasteiger partial charge on any atom is 0.159 e. The highest BCUT2D eigenvalue weighted by Gasteiger charge is 2.51. The fourth-order valence-electron chi connectivity index (χ4n) is 11.1. The van der Waals surface area contributed by atoms with Crippen molar-refractivity contribution < 1.29 is 9.15 Å². The van der Waals surface area contributed by atoms with Crippen LogP contribution in [0.4, 0.5) is 17.1 Å². The second-order valence-electron chi connectivity index (χ2n) is 17.2. The Morgan fingerprint density at radius 2 is 0.984 bits per heavy atom. The molecule has 0 atom stereocenters. The summed E-state index contributed by atoms with van der Waals surface area (Å²) >= 11 is 0. The monoisotopic (exact) mass is 781 g/mol. The zero-order valence-corrected chi connectivity index (χ0v) is 33.8. The van der Waals surface area contributed by atoms with Crippen LogP contribution in [0, 0.1) is 0 Å². The number of ether oxygens (including phenoxy) is 1. The summed E-state index contributed by atoms with van der Waals surface area (Å²) < 4.78 is 13.9. The summed E-state index contributed by atoms with van der Waals surface area (Å²) in [4.78, 5) is 2.42. The van der Waals surface area contributed by atoms with Crippen molar-refractivity contribution in [3.8, 4) is 44.9 Å². The van der Waals surface area contributed by atoms with Crippen LogP contribution in [-0.4, -0.2) is 0 Å². The van der Waals surface area contributed by atoms with Gasteiger partial charge in [0.25, 0.3) is 0 Å². The molecule has 0 fully saturated rings. The molecule has 3 nitrogen and oxygen atoms in total. The number of rotatable bonds is 4. The Kier molecular flexibility index (Phi) is 6.99. The van der Waals surface area contributed by atoms with Crippen LogP contribution in [0.1, 0.15) is 47.2 Å². The van der Waals surface area contributed by atoms with Gasteiger partial charge in [-0.1, -0.05) is 166 Å². The van der Waals surface area contributed by atoms with Gasteiger partial charge in [-0.2, -0.15) is 0 Å². The fraction of sp³-hybridized carbons (Fsp3) is 0.0690. The molecule has 3 heteroatoms. The lowest BCUT2D eigenvalue weighted by Gasteiger charge is -2.39. The highest BCUT2D eigenvalue weighted by Crippen LogP contribution is 2.63. The molecule has 2 heterocycles. The summed E-state index contributed by atoms with van der Waals surface area (Å²) in [6, 6.07) is 72.6. The lowest BCUT2D eigenvalue weighted by molar-refractivity contribution is 0.436. The Morgan fingerprint density at radius 1 is 0.393 bits per heavy atom. The standard InChI is InChI=1S/C58H39NO2/c1-57(2)45-23-9-6-20-39(45)41-32-31-37(33-49(41)57)59(51-27-13-8-19-38(51)36-17-4-3-5-18-36)52-28-16-22-42-44-34-43-40-21-7-10-24-46(40)58(50(43)35-55(44)61-56(42)52)47-25-11-14-29-53(47)60-54-30-15-12-26-48(54)58/h3-35H,1-2H3. The molecule has 0 unspecified atom stereocenters. The zero-order chi connectivity index (χ0) is 40.5. The lowest BCUT2D eigenvalue weighted by atomic mass is 9.66. The van der Waals surface area contributed by atoms with E-state index in [-0.39, 0.29) is 5.41 Å². The molecule has 0 radical (unpaired) electrons. The van der Waals surface area contributed by atoms with E-state index in [1.54, 1.807) is 0 Å². The Labute approximate surface area is 354 Å². The molecule has 288 valence electrons. The fourth-order valence-corrected chi connectivity index (χ4v) is 11.1. The second kappa shape index (κ2) is 12.5. The predicted octanol–water partition coefficient (Wildman–Crippen LogP) is 15.5. The van der Waals surface area contributed by atoms with Crippen molar-refractivity contribution in [2.75, 3.05) is 4.90 Å². The summed E-state index contributed by atoms with van der Waals surface area (Å²) in [6.07, 6.45) is 0. The number of hydrogen-bond acceptors (Lipinski definition) is 3. The van der Waals surface area contributed by atoms with Gasteiger partial charge in [-0.25, -0.2) is 0 Å². The third-order valence-corrected chi connectivity index (χ3v) is 13.7. The molecule has 61 heavy (non-hydrogen) atoms. The van der Waals surface area contributed by atoms with E-state index >= 15 is 0 Å². The molecule has 1 aliphatic heterocycles. The first-order chi connectivity index (χ1) is 30.0. The Balaban J connectivity index is 1.08. The van der Waals surface area contributed by atoms with Gasteiger partial charge in [-0.3, -0.25) is 0 Å². The van der Waals surface area contributed by atoms with E-state index in [9.17, 15) is 0 Å². The minimum absolute atomic E-state index is 0.161. The average molecular weight is 782 g/mol. The van der Waals surface area contributed by atoms with Gasteiger partial charge in [0.2, 0.25) is 0 Å². The normalized spacial score (nSPS) is 14.5. The molecule has 0 saturated carbocycles. The van der Waals surface area contributed by atoms with E-state index in [0.717, 1.165) is 72.8 Å². The largest absolute Gasteiger partial charge is 0.457 e. The maximum absolute atomic E-state index is 7.30. The Bertz CT molecular complexity index is 3400. The van der Waals surface area contributed by atoms with Gasteiger partial charge in [0.1, 0.15) is 17.1 Å². The number of fused-ring (bicyclic) bond motifs is 15. The summed E-state index contributed by atoms with van der Waals surface area (Å²) in [7, 11) is 0. The first-order valence-electron chi connectivity index (χ1n) is 21.2. The number of nitrogens with zero attached hydrogens (tertiary/aromatic N) is 1. The molecular weight excluding hydrogens is 743 g/mol. The SMILES string of the molecule is CC1(C)c2ccccc2-c2ccc(N(c3ccccc3-c3ccccc3)c3cccc4c3oc3cc5c(cc34)-c3ccccc3C53c4ccccc4Oc4ccccc43)cc21. The zero-order valence-electron chi connectivity index (χ0n) is 33.8. The molecular formula is C58H39NO2.